The summed E-state index contributed by atoms with van der Waals surface area (Å²) >= 11 is 0. The van der Waals surface area contributed by atoms with Crippen molar-refractivity contribution in [2.45, 2.75) is 0 Å². The van der Waals surface area contributed by atoms with Crippen molar-refractivity contribution in [1.82, 2.24) is 0 Å². The quantitative estimate of drug-likeness (QED) is 0.529. The second kappa shape index (κ2) is 4.98. The molecule has 0 aromatic heterocycles. The van der Waals surface area contributed by atoms with Gasteiger partial charge in [0.1, 0.15) is 11.5 Å². The van der Waals surface area contributed by atoms with Gasteiger partial charge in [-0.15, -0.1) is 0 Å². The van der Waals surface area contributed by atoms with Gasteiger partial charge in [-0.05, 0) is 36.4 Å². The molecule has 0 radical (unpaired) electrons. The van der Waals surface area contributed by atoms with Crippen molar-refractivity contribution in [2.75, 3.05) is 6.79 Å². The van der Waals surface area contributed by atoms with Gasteiger partial charge < -0.3 is 18.9 Å². The fourth-order valence-electron chi connectivity index (χ4n) is 3.03. The molecule has 0 amide bonds. The number of hydrogen-bond acceptors (Lipinski definition) is 6. The fourth-order valence-corrected chi connectivity index (χ4v) is 3.03. The number of carbonyl (C=O) groups excluding carboxylic acids is 2. The molecule has 0 saturated heterocycles. The van der Waals surface area contributed by atoms with E-state index in [0.29, 0.717) is 44.9 Å². The molecule has 2 aliphatic heterocycles. The molecule has 6 nitrogen and oxygen atoms in total. The Kier molecular flexibility index (Phi) is 2.76. The van der Waals surface area contributed by atoms with Crippen molar-refractivity contribution in [3.05, 3.63) is 59.7 Å². The number of benzene rings is 3. The molecular formula is C19H10O6. The number of fused-ring (bicyclic) bond motifs is 1. The maximum absolute atomic E-state index is 12.5. The predicted molar refractivity (Wildman–Crippen MR) is 86.4 cm³/mol. The van der Waals surface area contributed by atoms with E-state index >= 15 is 0 Å². The molecule has 0 spiro atoms. The average Bonchev–Trinajstić information content (AvgIpc) is 3.22. The van der Waals surface area contributed by atoms with Crippen molar-refractivity contribution in [1.29, 1.82) is 0 Å². The van der Waals surface area contributed by atoms with Crippen LogP contribution in [0.2, 0.25) is 0 Å². The molecule has 3 aromatic rings. The molecule has 0 saturated carbocycles. The Labute approximate surface area is 141 Å². The molecule has 2 heterocycles. The summed E-state index contributed by atoms with van der Waals surface area (Å²) in [6, 6.07) is 13.3. The minimum Gasteiger partial charge on any atom is -0.454 e. The monoisotopic (exact) mass is 334 g/mol. The maximum Gasteiger partial charge on any atom is 0.344 e. The second-order valence-electron chi connectivity index (χ2n) is 5.64. The van der Waals surface area contributed by atoms with Crippen LogP contribution in [0.3, 0.4) is 0 Å². The van der Waals surface area contributed by atoms with Gasteiger partial charge in [0, 0.05) is 10.8 Å². The summed E-state index contributed by atoms with van der Waals surface area (Å²) in [5.74, 6) is 1.01. The van der Waals surface area contributed by atoms with Gasteiger partial charge in [0.15, 0.2) is 11.5 Å². The van der Waals surface area contributed by atoms with Crippen LogP contribution in [0, 0.1) is 0 Å². The Balaban J connectivity index is 1.54. The van der Waals surface area contributed by atoms with Crippen LogP contribution in [0.5, 0.6) is 23.0 Å². The highest BCUT2D eigenvalue weighted by molar-refractivity contribution is 6.14. The molecule has 0 fully saturated rings. The topological polar surface area (TPSA) is 71.1 Å². The molecule has 3 aromatic carbocycles. The highest BCUT2D eigenvalue weighted by Gasteiger charge is 2.26. The van der Waals surface area contributed by atoms with Crippen LogP contribution in [-0.2, 0) is 0 Å². The van der Waals surface area contributed by atoms with Crippen molar-refractivity contribution in [2.24, 2.45) is 0 Å². The molecule has 0 aliphatic carbocycles. The van der Waals surface area contributed by atoms with Crippen LogP contribution in [0.25, 0.3) is 10.8 Å². The SMILES string of the molecule is O=C(Oc1ccc2c3c(cccc13)C(=O)O2)c1ccc2c(c1)OCO2. The minimum atomic E-state index is -0.524. The minimum absolute atomic E-state index is 0.136. The lowest BCUT2D eigenvalue weighted by Crippen LogP contribution is -2.08. The first-order valence-corrected chi connectivity index (χ1v) is 7.60. The van der Waals surface area contributed by atoms with Crippen LogP contribution in [-0.4, -0.2) is 18.7 Å². The normalized spacial score (nSPS) is 13.8. The van der Waals surface area contributed by atoms with Crippen molar-refractivity contribution >= 4 is 22.7 Å². The van der Waals surface area contributed by atoms with E-state index in [1.807, 2.05) is 0 Å². The Bertz CT molecular complexity index is 1070. The van der Waals surface area contributed by atoms with Crippen LogP contribution in [0.1, 0.15) is 20.7 Å². The Hall–Kier alpha value is -3.54. The lowest BCUT2D eigenvalue weighted by molar-refractivity contribution is 0.0730. The lowest BCUT2D eigenvalue weighted by Gasteiger charge is -2.08. The first kappa shape index (κ1) is 13.9. The zero-order valence-electron chi connectivity index (χ0n) is 12.8. The highest BCUT2D eigenvalue weighted by atomic mass is 16.7. The molecule has 0 N–H and O–H groups in total. The van der Waals surface area contributed by atoms with E-state index in [1.165, 1.54) is 0 Å². The van der Waals surface area contributed by atoms with E-state index in [4.69, 9.17) is 18.9 Å². The van der Waals surface area contributed by atoms with Gasteiger partial charge in [-0.25, -0.2) is 9.59 Å². The first-order chi connectivity index (χ1) is 12.2. The van der Waals surface area contributed by atoms with Gasteiger partial charge >= 0.3 is 11.9 Å². The van der Waals surface area contributed by atoms with E-state index in [9.17, 15) is 9.59 Å². The van der Waals surface area contributed by atoms with Crippen LogP contribution in [0.4, 0.5) is 0 Å². The Morgan fingerprint density at radius 2 is 1.80 bits per heavy atom. The van der Waals surface area contributed by atoms with Gasteiger partial charge in [0.05, 0.1) is 11.1 Å². The summed E-state index contributed by atoms with van der Waals surface area (Å²) in [4.78, 5) is 24.3. The van der Waals surface area contributed by atoms with E-state index in [1.54, 1.807) is 48.5 Å². The molecule has 0 unspecified atom stereocenters. The highest BCUT2D eigenvalue weighted by Crippen LogP contribution is 2.40. The maximum atomic E-state index is 12.5. The Morgan fingerprint density at radius 1 is 0.960 bits per heavy atom. The number of carbonyl (C=O) groups is 2. The fraction of sp³-hybridized carbons (Fsp3) is 0.0526. The molecule has 6 heteroatoms. The van der Waals surface area contributed by atoms with Crippen LogP contribution < -0.4 is 18.9 Å². The number of ether oxygens (including phenoxy) is 4. The molecular weight excluding hydrogens is 324 g/mol. The summed E-state index contributed by atoms with van der Waals surface area (Å²) in [6.45, 7) is 0.136. The van der Waals surface area contributed by atoms with Gasteiger partial charge in [-0.3, -0.25) is 0 Å². The van der Waals surface area contributed by atoms with E-state index in [0.717, 1.165) is 0 Å². The largest absolute Gasteiger partial charge is 0.454 e. The van der Waals surface area contributed by atoms with E-state index < -0.39 is 11.9 Å². The lowest BCUT2D eigenvalue weighted by atomic mass is 10.0. The molecule has 0 bridgehead atoms. The third-order valence-electron chi connectivity index (χ3n) is 4.20. The smallest absolute Gasteiger partial charge is 0.344 e. The van der Waals surface area contributed by atoms with Gasteiger partial charge in [0.2, 0.25) is 6.79 Å². The standard InChI is InChI=1S/C19H10O6/c20-18(10-4-5-14-16(8-10)23-9-22-14)24-13-6-7-15-17-11(13)2-1-3-12(17)19(21)25-15/h1-8H,9H2. The average molecular weight is 334 g/mol. The second-order valence-corrected chi connectivity index (χ2v) is 5.64. The molecule has 122 valence electrons. The Morgan fingerprint density at radius 3 is 2.72 bits per heavy atom. The summed E-state index contributed by atoms with van der Waals surface area (Å²) < 4.78 is 21.3. The zero-order valence-corrected chi connectivity index (χ0v) is 12.8. The summed E-state index contributed by atoms with van der Waals surface area (Å²) in [6.07, 6.45) is 0. The van der Waals surface area contributed by atoms with Gasteiger partial charge in [-0.2, -0.15) is 0 Å². The zero-order chi connectivity index (χ0) is 17.0. The van der Waals surface area contributed by atoms with Crippen molar-refractivity contribution in [3.8, 4) is 23.0 Å². The van der Waals surface area contributed by atoms with Crippen LogP contribution in [0.15, 0.2) is 48.5 Å². The number of esters is 2. The van der Waals surface area contributed by atoms with Gasteiger partial charge in [0.25, 0.3) is 0 Å². The predicted octanol–water partition coefficient (Wildman–Crippen LogP) is 3.32. The number of rotatable bonds is 2. The summed E-state index contributed by atoms with van der Waals surface area (Å²) in [7, 11) is 0. The summed E-state index contributed by atoms with van der Waals surface area (Å²) in [5, 5.41) is 1.30. The molecule has 5 rings (SSSR count). The van der Waals surface area contributed by atoms with Crippen LogP contribution >= 0.6 is 0 Å². The van der Waals surface area contributed by atoms with Crippen molar-refractivity contribution < 1.29 is 28.5 Å². The molecule has 0 atom stereocenters. The van der Waals surface area contributed by atoms with E-state index in [2.05, 4.69) is 0 Å². The molecule has 25 heavy (non-hydrogen) atoms. The molecule has 2 aliphatic rings. The third kappa shape index (κ3) is 2.04. The summed E-state index contributed by atoms with van der Waals surface area (Å²) in [5.41, 5.74) is 0.813. The first-order valence-electron chi connectivity index (χ1n) is 7.60. The van der Waals surface area contributed by atoms with E-state index in [-0.39, 0.29) is 6.79 Å². The van der Waals surface area contributed by atoms with Gasteiger partial charge in [-0.1, -0.05) is 12.1 Å². The number of hydrogen-bond donors (Lipinski definition) is 0. The third-order valence-corrected chi connectivity index (χ3v) is 4.20. The van der Waals surface area contributed by atoms with Crippen molar-refractivity contribution in [3.63, 3.8) is 0 Å².